The van der Waals surface area contributed by atoms with Gasteiger partial charge in [-0.1, -0.05) is 6.07 Å². The molecule has 1 aromatic carbocycles. The zero-order valence-electron chi connectivity index (χ0n) is 13.0. The van der Waals surface area contributed by atoms with E-state index < -0.39 is 0 Å². The summed E-state index contributed by atoms with van der Waals surface area (Å²) in [5.74, 6) is -0.00267. The standard InChI is InChI=1S/C16H21BrN2O3/c1-12-3-4-15(14(17)11-12)19(13(2)20)6-5-16(21)18-7-9-22-10-8-18/h3-4,11H,5-10H2,1-2H3. The van der Waals surface area contributed by atoms with Gasteiger partial charge in [0.25, 0.3) is 0 Å². The molecule has 5 nitrogen and oxygen atoms in total. The van der Waals surface area contributed by atoms with Gasteiger partial charge in [-0.2, -0.15) is 0 Å². The molecule has 1 aliphatic heterocycles. The van der Waals surface area contributed by atoms with Crippen LogP contribution in [0.1, 0.15) is 18.9 Å². The number of morpholine rings is 1. The zero-order valence-corrected chi connectivity index (χ0v) is 14.6. The molecule has 2 amide bonds. The van der Waals surface area contributed by atoms with Crippen molar-refractivity contribution in [1.82, 2.24) is 4.90 Å². The Morgan fingerprint density at radius 3 is 2.59 bits per heavy atom. The molecule has 120 valence electrons. The van der Waals surface area contributed by atoms with Gasteiger partial charge in [0.05, 0.1) is 18.9 Å². The molecule has 2 rings (SSSR count). The van der Waals surface area contributed by atoms with Gasteiger partial charge < -0.3 is 14.5 Å². The van der Waals surface area contributed by atoms with Gasteiger partial charge in [0, 0.05) is 37.5 Å². The molecule has 6 heteroatoms. The van der Waals surface area contributed by atoms with Crippen LogP contribution in [0.25, 0.3) is 0 Å². The highest BCUT2D eigenvalue weighted by Gasteiger charge is 2.20. The molecule has 0 unspecified atom stereocenters. The van der Waals surface area contributed by atoms with Crippen LogP contribution in [0.5, 0.6) is 0 Å². The van der Waals surface area contributed by atoms with Crippen LogP contribution < -0.4 is 4.90 Å². The van der Waals surface area contributed by atoms with Crippen molar-refractivity contribution in [2.75, 3.05) is 37.7 Å². The molecule has 1 fully saturated rings. The Kier molecular flexibility index (Phi) is 5.97. The number of carbonyl (C=O) groups excluding carboxylic acids is 2. The van der Waals surface area contributed by atoms with Crippen LogP contribution in [0.2, 0.25) is 0 Å². The molecule has 22 heavy (non-hydrogen) atoms. The molecule has 0 saturated carbocycles. The lowest BCUT2D eigenvalue weighted by atomic mass is 10.2. The number of anilines is 1. The summed E-state index contributed by atoms with van der Waals surface area (Å²) in [6, 6.07) is 5.83. The van der Waals surface area contributed by atoms with E-state index in [1.807, 2.05) is 25.1 Å². The van der Waals surface area contributed by atoms with E-state index in [1.54, 1.807) is 9.80 Å². The zero-order chi connectivity index (χ0) is 16.1. The summed E-state index contributed by atoms with van der Waals surface area (Å²) in [4.78, 5) is 27.6. The predicted molar refractivity (Wildman–Crippen MR) is 88.9 cm³/mol. The fourth-order valence-electron chi connectivity index (χ4n) is 2.46. The molecule has 0 aromatic heterocycles. The minimum Gasteiger partial charge on any atom is -0.378 e. The summed E-state index contributed by atoms with van der Waals surface area (Å²) in [7, 11) is 0. The fourth-order valence-corrected chi connectivity index (χ4v) is 3.16. The monoisotopic (exact) mass is 368 g/mol. The molecule has 0 bridgehead atoms. The first-order valence-corrected chi connectivity index (χ1v) is 8.18. The van der Waals surface area contributed by atoms with Gasteiger partial charge in [-0.15, -0.1) is 0 Å². The van der Waals surface area contributed by atoms with Crippen LogP contribution in [-0.4, -0.2) is 49.6 Å². The van der Waals surface area contributed by atoms with Crippen molar-refractivity contribution in [2.24, 2.45) is 0 Å². The number of benzene rings is 1. The Balaban J connectivity index is 2.02. The third-order valence-electron chi connectivity index (χ3n) is 3.69. The maximum absolute atomic E-state index is 12.2. The predicted octanol–water partition coefficient (Wildman–Crippen LogP) is 2.36. The molecule has 1 aliphatic rings. The van der Waals surface area contributed by atoms with E-state index >= 15 is 0 Å². The van der Waals surface area contributed by atoms with E-state index in [1.165, 1.54) is 6.92 Å². The Morgan fingerprint density at radius 2 is 2.00 bits per heavy atom. The average molecular weight is 369 g/mol. The third-order valence-corrected chi connectivity index (χ3v) is 4.32. The molecule has 1 heterocycles. The summed E-state index contributed by atoms with van der Waals surface area (Å²) >= 11 is 3.49. The van der Waals surface area contributed by atoms with Gasteiger partial charge in [-0.05, 0) is 40.5 Å². The molecule has 1 aromatic rings. The highest BCUT2D eigenvalue weighted by Crippen LogP contribution is 2.27. The molecule has 0 aliphatic carbocycles. The third kappa shape index (κ3) is 4.30. The maximum Gasteiger partial charge on any atom is 0.224 e. The van der Waals surface area contributed by atoms with Crippen molar-refractivity contribution < 1.29 is 14.3 Å². The fraction of sp³-hybridized carbons (Fsp3) is 0.500. The van der Waals surface area contributed by atoms with Gasteiger partial charge in [0.1, 0.15) is 0 Å². The van der Waals surface area contributed by atoms with Crippen molar-refractivity contribution in [1.29, 1.82) is 0 Å². The first kappa shape index (κ1) is 17.0. The highest BCUT2D eigenvalue weighted by molar-refractivity contribution is 9.10. The van der Waals surface area contributed by atoms with Crippen LogP contribution in [0.3, 0.4) is 0 Å². The first-order chi connectivity index (χ1) is 10.5. The number of amides is 2. The summed E-state index contributed by atoms with van der Waals surface area (Å²) in [5, 5.41) is 0. The number of halogens is 1. The molecular formula is C16H21BrN2O3. The van der Waals surface area contributed by atoms with Gasteiger partial charge in [-0.3, -0.25) is 9.59 Å². The number of hydrogen-bond donors (Lipinski definition) is 0. The summed E-state index contributed by atoms with van der Waals surface area (Å²) in [6.07, 6.45) is 0.319. The molecule has 1 saturated heterocycles. The van der Waals surface area contributed by atoms with Crippen LogP contribution in [0.4, 0.5) is 5.69 Å². The summed E-state index contributed by atoms with van der Waals surface area (Å²) < 4.78 is 6.11. The van der Waals surface area contributed by atoms with Crippen molar-refractivity contribution in [3.63, 3.8) is 0 Å². The van der Waals surface area contributed by atoms with Crippen LogP contribution in [-0.2, 0) is 14.3 Å². The van der Waals surface area contributed by atoms with E-state index in [4.69, 9.17) is 4.74 Å². The second-order valence-corrected chi connectivity index (χ2v) is 6.22. The second kappa shape index (κ2) is 7.74. The number of carbonyl (C=O) groups is 2. The largest absolute Gasteiger partial charge is 0.378 e. The van der Waals surface area contributed by atoms with E-state index in [0.29, 0.717) is 39.3 Å². The van der Waals surface area contributed by atoms with Gasteiger partial charge in [0.15, 0.2) is 0 Å². The quantitative estimate of drug-likeness (QED) is 0.819. The van der Waals surface area contributed by atoms with Crippen LogP contribution in [0.15, 0.2) is 22.7 Å². The van der Waals surface area contributed by atoms with Crippen molar-refractivity contribution in [3.05, 3.63) is 28.2 Å². The average Bonchev–Trinajstić information content (AvgIpc) is 2.49. The van der Waals surface area contributed by atoms with Gasteiger partial charge >= 0.3 is 0 Å². The van der Waals surface area contributed by atoms with Gasteiger partial charge in [0.2, 0.25) is 11.8 Å². The summed E-state index contributed by atoms with van der Waals surface area (Å²) in [6.45, 7) is 6.34. The van der Waals surface area contributed by atoms with E-state index in [2.05, 4.69) is 15.9 Å². The Bertz CT molecular complexity index is 556. The summed E-state index contributed by atoms with van der Waals surface area (Å²) in [5.41, 5.74) is 1.91. The number of nitrogens with zero attached hydrogens (tertiary/aromatic N) is 2. The molecular weight excluding hydrogens is 348 g/mol. The molecule has 0 radical (unpaired) electrons. The number of aryl methyl sites for hydroxylation is 1. The van der Waals surface area contributed by atoms with Crippen molar-refractivity contribution in [3.8, 4) is 0 Å². The molecule has 0 N–H and O–H groups in total. The Morgan fingerprint density at radius 1 is 1.32 bits per heavy atom. The van der Waals surface area contributed by atoms with Crippen LogP contribution >= 0.6 is 15.9 Å². The number of hydrogen-bond acceptors (Lipinski definition) is 3. The van der Waals surface area contributed by atoms with Crippen molar-refractivity contribution in [2.45, 2.75) is 20.3 Å². The van der Waals surface area contributed by atoms with E-state index in [-0.39, 0.29) is 11.8 Å². The van der Waals surface area contributed by atoms with Gasteiger partial charge in [-0.25, -0.2) is 0 Å². The highest BCUT2D eigenvalue weighted by atomic mass is 79.9. The van der Waals surface area contributed by atoms with E-state index in [0.717, 1.165) is 15.7 Å². The first-order valence-electron chi connectivity index (χ1n) is 7.39. The smallest absolute Gasteiger partial charge is 0.224 e. The lowest BCUT2D eigenvalue weighted by Crippen LogP contribution is -2.42. The Labute approximate surface area is 139 Å². The minimum absolute atomic E-state index is 0.0674. The number of ether oxygens (including phenoxy) is 1. The Hall–Kier alpha value is -1.40. The van der Waals surface area contributed by atoms with Crippen molar-refractivity contribution >= 4 is 33.4 Å². The molecule has 0 spiro atoms. The SMILES string of the molecule is CC(=O)N(CCC(=O)N1CCOCC1)c1ccc(C)cc1Br. The molecule has 0 atom stereocenters. The van der Waals surface area contributed by atoms with Crippen LogP contribution in [0, 0.1) is 6.92 Å². The topological polar surface area (TPSA) is 49.9 Å². The minimum atomic E-state index is -0.0701. The lowest BCUT2D eigenvalue weighted by Gasteiger charge is -2.28. The number of rotatable bonds is 4. The van der Waals surface area contributed by atoms with E-state index in [9.17, 15) is 9.59 Å². The maximum atomic E-state index is 12.2. The normalized spacial score (nSPS) is 14.8. The lowest BCUT2D eigenvalue weighted by molar-refractivity contribution is -0.135. The second-order valence-electron chi connectivity index (χ2n) is 5.37.